The second kappa shape index (κ2) is 5.04. The summed E-state index contributed by atoms with van der Waals surface area (Å²) in [5.41, 5.74) is 1.29. The van der Waals surface area contributed by atoms with E-state index >= 15 is 0 Å². The lowest BCUT2D eigenvalue weighted by Gasteiger charge is -2.59. The molecule has 2 heterocycles. The van der Waals surface area contributed by atoms with Crippen molar-refractivity contribution in [3.63, 3.8) is 0 Å². The molecule has 0 aromatic heterocycles. The number of piperidine rings is 1. The van der Waals surface area contributed by atoms with Gasteiger partial charge < -0.3 is 5.11 Å². The van der Waals surface area contributed by atoms with Crippen LogP contribution >= 0.6 is 0 Å². The first-order valence-corrected chi connectivity index (χ1v) is 10.1. The van der Waals surface area contributed by atoms with Crippen LogP contribution in [0.2, 0.25) is 0 Å². The first-order chi connectivity index (χ1) is 11.9. The number of hydrogen-bond acceptors (Lipinski definition) is 4. The van der Waals surface area contributed by atoms with Gasteiger partial charge in [0.15, 0.2) is 5.78 Å². The molecular weight excluding hydrogens is 314 g/mol. The van der Waals surface area contributed by atoms with Gasteiger partial charge in [-0.3, -0.25) is 14.5 Å². The van der Waals surface area contributed by atoms with Crippen molar-refractivity contribution < 1.29 is 14.7 Å². The average molecular weight is 343 g/mol. The largest absolute Gasteiger partial charge is 0.396 e. The van der Waals surface area contributed by atoms with Gasteiger partial charge in [-0.25, -0.2) is 0 Å². The summed E-state index contributed by atoms with van der Waals surface area (Å²) in [5, 5.41) is 9.52. The Morgan fingerprint density at radius 2 is 2.04 bits per heavy atom. The van der Waals surface area contributed by atoms with Crippen molar-refractivity contribution in [3.05, 3.63) is 11.1 Å². The van der Waals surface area contributed by atoms with Crippen LogP contribution in [-0.2, 0) is 9.59 Å². The fourth-order valence-corrected chi connectivity index (χ4v) is 7.71. The van der Waals surface area contributed by atoms with Gasteiger partial charge >= 0.3 is 0 Å². The van der Waals surface area contributed by atoms with E-state index in [1.54, 1.807) is 0 Å². The summed E-state index contributed by atoms with van der Waals surface area (Å²) in [6.07, 6.45) is 4.69. The average Bonchev–Trinajstić information content (AvgIpc) is 3.06. The molecule has 0 radical (unpaired) electrons. The highest BCUT2D eigenvalue weighted by Crippen LogP contribution is 2.70. The number of carbonyl (C=O) groups is 2. The van der Waals surface area contributed by atoms with E-state index in [4.69, 9.17) is 0 Å². The van der Waals surface area contributed by atoms with Gasteiger partial charge in [0.05, 0.1) is 5.41 Å². The minimum atomic E-state index is -0.563. The first kappa shape index (κ1) is 16.2. The molecule has 2 saturated carbocycles. The molecule has 4 fully saturated rings. The summed E-state index contributed by atoms with van der Waals surface area (Å²) in [6.45, 7) is 6.74. The van der Waals surface area contributed by atoms with Gasteiger partial charge in [0.2, 0.25) is 0 Å². The smallest absolute Gasteiger partial charge is 0.159 e. The minimum absolute atomic E-state index is 0.0753. The zero-order valence-corrected chi connectivity index (χ0v) is 15.4. The third-order valence-corrected chi connectivity index (χ3v) is 8.79. The lowest BCUT2D eigenvalue weighted by Crippen LogP contribution is -2.65. The van der Waals surface area contributed by atoms with Crippen LogP contribution in [0.5, 0.6) is 0 Å². The molecule has 5 aliphatic rings. The molecule has 2 bridgehead atoms. The van der Waals surface area contributed by atoms with Gasteiger partial charge in [0.1, 0.15) is 5.78 Å². The molecule has 2 saturated heterocycles. The zero-order chi connectivity index (χ0) is 17.6. The summed E-state index contributed by atoms with van der Waals surface area (Å²) in [5.74, 6) is 1.54. The molecule has 6 atom stereocenters. The minimum Gasteiger partial charge on any atom is -0.396 e. The number of hydrogen-bond donors (Lipinski definition) is 1. The van der Waals surface area contributed by atoms with Crippen LogP contribution in [0.1, 0.15) is 52.4 Å². The third-order valence-electron chi connectivity index (χ3n) is 8.79. The van der Waals surface area contributed by atoms with E-state index < -0.39 is 5.41 Å². The summed E-state index contributed by atoms with van der Waals surface area (Å²) in [7, 11) is 0. The molecular formula is C21H29NO3. The van der Waals surface area contributed by atoms with Crippen LogP contribution in [0.3, 0.4) is 0 Å². The number of fused-ring (bicyclic) bond motifs is 1. The molecule has 0 unspecified atom stereocenters. The Morgan fingerprint density at radius 3 is 2.80 bits per heavy atom. The molecule has 4 nitrogen and oxygen atoms in total. The van der Waals surface area contributed by atoms with Crippen molar-refractivity contribution in [1.29, 1.82) is 0 Å². The van der Waals surface area contributed by atoms with Crippen LogP contribution in [0, 0.1) is 28.6 Å². The van der Waals surface area contributed by atoms with Crippen LogP contribution < -0.4 is 0 Å². The Bertz CT molecular complexity index is 697. The molecule has 2 aliphatic heterocycles. The molecule has 5 rings (SSSR count). The van der Waals surface area contributed by atoms with Crippen molar-refractivity contribution in [3.8, 4) is 0 Å². The number of allylic oxidation sites excluding steroid dienone is 1. The second-order valence-corrected chi connectivity index (χ2v) is 9.45. The zero-order valence-electron chi connectivity index (χ0n) is 15.4. The Labute approximate surface area is 149 Å². The molecule has 0 aromatic rings. The molecule has 25 heavy (non-hydrogen) atoms. The monoisotopic (exact) mass is 343 g/mol. The number of aliphatic hydroxyl groups excluding tert-OH is 1. The highest BCUT2D eigenvalue weighted by atomic mass is 16.3. The van der Waals surface area contributed by atoms with Crippen LogP contribution in [0.25, 0.3) is 0 Å². The number of aliphatic hydroxyl groups is 1. The van der Waals surface area contributed by atoms with E-state index in [9.17, 15) is 14.7 Å². The molecule has 136 valence electrons. The number of nitrogens with zero attached hydrogens (tertiary/aromatic N) is 1. The van der Waals surface area contributed by atoms with Gasteiger partial charge in [0.25, 0.3) is 0 Å². The van der Waals surface area contributed by atoms with E-state index in [1.165, 1.54) is 0 Å². The maximum Gasteiger partial charge on any atom is 0.159 e. The topological polar surface area (TPSA) is 57.6 Å². The standard InChI is InChI=1S/C21H29NO3/c1-12-10-22-11-14-3-4-16(24)18-13(6-8-23)5-7-21(18)19(25)15(12)9-17(22)20(14,21)2/h12,14-15,17,23H,3-11H2,1-2H3/t12-,14-,15+,17-,20-,21+/m1/s1. The summed E-state index contributed by atoms with van der Waals surface area (Å²) in [4.78, 5) is 29.8. The Hall–Kier alpha value is -1.00. The van der Waals surface area contributed by atoms with Crippen molar-refractivity contribution in [2.45, 2.75) is 58.4 Å². The quantitative estimate of drug-likeness (QED) is 0.836. The van der Waals surface area contributed by atoms with Gasteiger partial charge in [-0.1, -0.05) is 19.4 Å². The molecule has 0 aromatic carbocycles. The van der Waals surface area contributed by atoms with E-state index in [-0.39, 0.29) is 23.7 Å². The number of Topliss-reactive ketones (excluding diaryl/α,β-unsaturated/α-hetero) is 2. The summed E-state index contributed by atoms with van der Waals surface area (Å²) < 4.78 is 0. The fourth-order valence-electron chi connectivity index (χ4n) is 7.71. The maximum absolute atomic E-state index is 13.9. The molecule has 3 aliphatic carbocycles. The predicted octanol–water partition coefficient (Wildman–Crippen LogP) is 2.35. The highest BCUT2D eigenvalue weighted by Gasteiger charge is 2.73. The predicted molar refractivity (Wildman–Crippen MR) is 93.9 cm³/mol. The Kier molecular flexibility index (Phi) is 3.26. The maximum atomic E-state index is 13.9. The number of carbonyl (C=O) groups excluding carboxylic acids is 2. The third kappa shape index (κ3) is 1.67. The molecule has 1 spiro atoms. The second-order valence-electron chi connectivity index (χ2n) is 9.45. The Morgan fingerprint density at radius 1 is 1.24 bits per heavy atom. The van der Waals surface area contributed by atoms with Gasteiger partial charge in [0, 0.05) is 49.1 Å². The Balaban J connectivity index is 1.78. The summed E-state index contributed by atoms with van der Waals surface area (Å²) >= 11 is 0. The number of ketones is 2. The van der Waals surface area contributed by atoms with Crippen molar-refractivity contribution in [2.24, 2.45) is 28.6 Å². The SMILES string of the molecule is C[C@@H]1CN2C[C@H]3CCC(=O)C4=C(CCO)CC[C@@]45C(=O)[C@H]1C[C@@H]2[C@@]35C. The van der Waals surface area contributed by atoms with Gasteiger partial charge in [-0.05, 0) is 43.9 Å². The van der Waals surface area contributed by atoms with Gasteiger partial charge in [-0.2, -0.15) is 0 Å². The van der Waals surface area contributed by atoms with Crippen LogP contribution in [0.4, 0.5) is 0 Å². The first-order valence-electron chi connectivity index (χ1n) is 10.1. The van der Waals surface area contributed by atoms with Crippen molar-refractivity contribution >= 4 is 11.6 Å². The van der Waals surface area contributed by atoms with Crippen LogP contribution in [0.15, 0.2) is 11.1 Å². The highest BCUT2D eigenvalue weighted by molar-refractivity contribution is 6.08. The van der Waals surface area contributed by atoms with Gasteiger partial charge in [-0.15, -0.1) is 0 Å². The van der Waals surface area contributed by atoms with E-state index in [0.717, 1.165) is 49.9 Å². The van der Waals surface area contributed by atoms with Crippen molar-refractivity contribution in [2.75, 3.05) is 19.7 Å². The van der Waals surface area contributed by atoms with Crippen LogP contribution in [-0.4, -0.2) is 47.3 Å². The molecule has 0 amide bonds. The van der Waals surface area contributed by atoms with E-state index in [0.29, 0.717) is 36.5 Å². The lowest BCUT2D eigenvalue weighted by molar-refractivity contribution is -0.157. The normalized spacial score (nSPS) is 48.8. The molecule has 1 N–H and O–H groups in total. The number of rotatable bonds is 2. The summed E-state index contributed by atoms with van der Waals surface area (Å²) in [6, 6.07) is 0.450. The molecule has 4 heteroatoms. The lowest BCUT2D eigenvalue weighted by atomic mass is 9.45. The van der Waals surface area contributed by atoms with E-state index in [1.807, 2.05) is 0 Å². The fraction of sp³-hybridized carbons (Fsp3) is 0.810. The van der Waals surface area contributed by atoms with E-state index in [2.05, 4.69) is 18.7 Å². The van der Waals surface area contributed by atoms with Crippen molar-refractivity contribution in [1.82, 2.24) is 4.90 Å².